The zero-order valence-electron chi connectivity index (χ0n) is 13.9. The highest BCUT2D eigenvalue weighted by atomic mass is 16.1. The molecule has 2 N–H and O–H groups in total. The van der Waals surface area contributed by atoms with Gasteiger partial charge in [0.2, 0.25) is 5.91 Å². The van der Waals surface area contributed by atoms with Crippen LogP contribution in [0, 0.1) is 22.7 Å². The number of hydrogen-bond acceptors (Lipinski definition) is 3. The summed E-state index contributed by atoms with van der Waals surface area (Å²) in [5, 5.41) is 18.1. The van der Waals surface area contributed by atoms with Crippen LogP contribution in [0.25, 0.3) is 11.1 Å². The van der Waals surface area contributed by atoms with Gasteiger partial charge in [-0.05, 0) is 46.5 Å². The molecule has 26 heavy (non-hydrogen) atoms. The molecule has 0 saturated heterocycles. The van der Waals surface area contributed by atoms with E-state index < -0.39 is 11.8 Å². The molecule has 1 atom stereocenters. The van der Waals surface area contributed by atoms with E-state index in [1.54, 1.807) is 36.4 Å². The molecule has 0 aliphatic carbocycles. The lowest BCUT2D eigenvalue weighted by molar-refractivity contribution is -0.118. The lowest BCUT2D eigenvalue weighted by Gasteiger charge is -2.19. The summed E-state index contributed by atoms with van der Waals surface area (Å²) in [6.45, 7) is 0. The summed E-state index contributed by atoms with van der Waals surface area (Å²) in [4.78, 5) is 12.3. The van der Waals surface area contributed by atoms with Crippen LogP contribution in [0.4, 0.5) is 0 Å². The van der Waals surface area contributed by atoms with Crippen molar-refractivity contribution in [3.05, 3.63) is 95.1 Å². The topological polar surface area (TPSA) is 90.7 Å². The highest BCUT2D eigenvalue weighted by molar-refractivity contribution is 5.88. The van der Waals surface area contributed by atoms with Gasteiger partial charge in [0, 0.05) is 0 Å². The third kappa shape index (κ3) is 3.31. The van der Waals surface area contributed by atoms with Crippen LogP contribution >= 0.6 is 0 Å². The smallest absolute Gasteiger partial charge is 0.229 e. The molecule has 0 heterocycles. The minimum Gasteiger partial charge on any atom is -0.369 e. The fourth-order valence-electron chi connectivity index (χ4n) is 3.02. The first-order valence-electron chi connectivity index (χ1n) is 8.03. The van der Waals surface area contributed by atoms with Gasteiger partial charge < -0.3 is 5.73 Å². The molecule has 3 aromatic rings. The minimum absolute atomic E-state index is 0.476. The van der Waals surface area contributed by atoms with Gasteiger partial charge >= 0.3 is 0 Å². The number of benzene rings is 3. The zero-order valence-corrected chi connectivity index (χ0v) is 13.9. The van der Waals surface area contributed by atoms with Crippen LogP contribution < -0.4 is 5.73 Å². The molecule has 0 spiro atoms. The Balaban J connectivity index is 2.15. The minimum atomic E-state index is -0.671. The number of carbonyl (C=O) groups is 1. The number of rotatable bonds is 4. The van der Waals surface area contributed by atoms with E-state index in [9.17, 15) is 4.79 Å². The summed E-state index contributed by atoms with van der Waals surface area (Å²) in [5.74, 6) is -1.16. The van der Waals surface area contributed by atoms with Crippen molar-refractivity contribution in [3.8, 4) is 23.3 Å². The number of carbonyl (C=O) groups excluding carboxylic acids is 1. The summed E-state index contributed by atoms with van der Waals surface area (Å²) < 4.78 is 0. The molecule has 0 aliphatic heterocycles. The quantitative estimate of drug-likeness (QED) is 0.786. The van der Waals surface area contributed by atoms with Crippen molar-refractivity contribution in [2.75, 3.05) is 0 Å². The Hall–Kier alpha value is -3.89. The number of primary amides is 1. The predicted molar refractivity (Wildman–Crippen MR) is 98.8 cm³/mol. The zero-order chi connectivity index (χ0) is 18.5. The van der Waals surface area contributed by atoms with Gasteiger partial charge in [-0.25, -0.2) is 0 Å². The van der Waals surface area contributed by atoms with E-state index in [1.807, 2.05) is 36.4 Å². The Morgan fingerprint density at radius 3 is 2.19 bits per heavy atom. The van der Waals surface area contributed by atoms with Gasteiger partial charge in [-0.1, -0.05) is 48.5 Å². The van der Waals surface area contributed by atoms with E-state index in [-0.39, 0.29) is 0 Å². The van der Waals surface area contributed by atoms with Crippen LogP contribution in [0.15, 0.2) is 72.8 Å². The lowest BCUT2D eigenvalue weighted by Crippen LogP contribution is -2.23. The average Bonchev–Trinajstić information content (AvgIpc) is 2.68. The van der Waals surface area contributed by atoms with Crippen LogP contribution in [0.5, 0.6) is 0 Å². The van der Waals surface area contributed by atoms with E-state index in [0.29, 0.717) is 16.7 Å². The van der Waals surface area contributed by atoms with Crippen molar-refractivity contribution in [3.63, 3.8) is 0 Å². The third-order valence-corrected chi connectivity index (χ3v) is 4.23. The second-order valence-electron chi connectivity index (χ2n) is 5.85. The van der Waals surface area contributed by atoms with Crippen LogP contribution in [0.3, 0.4) is 0 Å². The standard InChI is InChI=1S/C22H15N3O/c23-13-15-8-10-17(11-9-15)19-6-1-2-7-20(19)21(22(25)26)18-5-3-4-16(12-18)14-24/h1-12,21H,(H2,25,26). The van der Waals surface area contributed by atoms with Crippen molar-refractivity contribution >= 4 is 5.91 Å². The molecule has 0 aliphatic rings. The predicted octanol–water partition coefficient (Wildman–Crippen LogP) is 3.71. The summed E-state index contributed by atoms with van der Waals surface area (Å²) in [6, 6.07) is 25.8. The van der Waals surface area contributed by atoms with E-state index in [2.05, 4.69) is 12.1 Å². The maximum atomic E-state index is 12.3. The van der Waals surface area contributed by atoms with Crippen molar-refractivity contribution in [2.24, 2.45) is 5.73 Å². The summed E-state index contributed by atoms with van der Waals surface area (Å²) in [7, 11) is 0. The molecule has 1 unspecified atom stereocenters. The third-order valence-electron chi connectivity index (χ3n) is 4.23. The van der Waals surface area contributed by atoms with Gasteiger partial charge in [-0.15, -0.1) is 0 Å². The van der Waals surface area contributed by atoms with Crippen molar-refractivity contribution < 1.29 is 4.79 Å². The molecule has 0 bridgehead atoms. The normalized spacial score (nSPS) is 11.2. The van der Waals surface area contributed by atoms with Gasteiger partial charge in [0.05, 0.1) is 29.2 Å². The van der Waals surface area contributed by atoms with Crippen molar-refractivity contribution in [2.45, 2.75) is 5.92 Å². The molecule has 3 rings (SSSR count). The van der Waals surface area contributed by atoms with Crippen LogP contribution in [0.1, 0.15) is 28.2 Å². The van der Waals surface area contributed by atoms with Gasteiger partial charge in [-0.2, -0.15) is 10.5 Å². The maximum absolute atomic E-state index is 12.3. The van der Waals surface area contributed by atoms with Gasteiger partial charge in [0.15, 0.2) is 0 Å². The maximum Gasteiger partial charge on any atom is 0.229 e. The Kier molecular flexibility index (Phi) is 4.78. The molecule has 0 radical (unpaired) electrons. The first-order valence-corrected chi connectivity index (χ1v) is 8.03. The molecule has 4 heteroatoms. The van der Waals surface area contributed by atoms with Gasteiger partial charge in [0.25, 0.3) is 0 Å². The van der Waals surface area contributed by atoms with Crippen molar-refractivity contribution in [1.29, 1.82) is 10.5 Å². The number of hydrogen-bond donors (Lipinski definition) is 1. The van der Waals surface area contributed by atoms with Crippen LogP contribution in [-0.2, 0) is 4.79 Å². The van der Waals surface area contributed by atoms with Gasteiger partial charge in [0.1, 0.15) is 0 Å². The number of amides is 1. The van der Waals surface area contributed by atoms with Crippen LogP contribution in [-0.4, -0.2) is 5.91 Å². The molecule has 124 valence electrons. The van der Waals surface area contributed by atoms with E-state index >= 15 is 0 Å². The summed E-state index contributed by atoms with van der Waals surface area (Å²) >= 11 is 0. The van der Waals surface area contributed by atoms with E-state index in [4.69, 9.17) is 16.3 Å². The Bertz CT molecular complexity index is 1040. The first kappa shape index (κ1) is 17.0. The molecular weight excluding hydrogens is 322 g/mol. The Morgan fingerprint density at radius 1 is 0.846 bits per heavy atom. The first-order chi connectivity index (χ1) is 12.6. The number of nitrogens with two attached hydrogens (primary N) is 1. The lowest BCUT2D eigenvalue weighted by atomic mass is 9.85. The Morgan fingerprint density at radius 2 is 1.54 bits per heavy atom. The highest BCUT2D eigenvalue weighted by Gasteiger charge is 2.23. The molecular formula is C22H15N3O. The molecule has 3 aromatic carbocycles. The highest BCUT2D eigenvalue weighted by Crippen LogP contribution is 2.33. The van der Waals surface area contributed by atoms with E-state index in [1.165, 1.54) is 0 Å². The second-order valence-corrected chi connectivity index (χ2v) is 5.85. The monoisotopic (exact) mass is 337 g/mol. The largest absolute Gasteiger partial charge is 0.369 e. The van der Waals surface area contributed by atoms with Gasteiger partial charge in [-0.3, -0.25) is 4.79 Å². The number of nitrogens with zero attached hydrogens (tertiary/aromatic N) is 2. The average molecular weight is 337 g/mol. The second kappa shape index (κ2) is 7.34. The number of nitriles is 2. The molecule has 0 saturated carbocycles. The molecule has 0 fully saturated rings. The summed E-state index contributed by atoms with van der Waals surface area (Å²) in [5.41, 5.74) is 9.96. The van der Waals surface area contributed by atoms with Crippen molar-refractivity contribution in [1.82, 2.24) is 0 Å². The van der Waals surface area contributed by atoms with E-state index in [0.717, 1.165) is 16.7 Å². The fraction of sp³-hybridized carbons (Fsp3) is 0.0455. The molecule has 1 amide bonds. The Labute approximate surface area is 151 Å². The molecule has 0 aromatic heterocycles. The molecule has 4 nitrogen and oxygen atoms in total. The SMILES string of the molecule is N#Cc1ccc(-c2ccccc2C(C(N)=O)c2cccc(C#N)c2)cc1. The fourth-order valence-corrected chi connectivity index (χ4v) is 3.02. The summed E-state index contributed by atoms with van der Waals surface area (Å²) in [6.07, 6.45) is 0. The van der Waals surface area contributed by atoms with Crippen LogP contribution in [0.2, 0.25) is 0 Å².